The Kier molecular flexibility index (Phi) is 5.85. The Morgan fingerprint density at radius 2 is 1.62 bits per heavy atom. The van der Waals surface area contributed by atoms with Crippen LogP contribution in [-0.2, 0) is 10.2 Å². The van der Waals surface area contributed by atoms with Gasteiger partial charge in [0.15, 0.2) is 11.6 Å². The van der Waals surface area contributed by atoms with Crippen molar-refractivity contribution in [2.75, 3.05) is 5.32 Å². The second-order valence-corrected chi connectivity index (χ2v) is 11.1. The molecule has 1 spiro atoms. The minimum Gasteiger partial charge on any atom is -0.358 e. The summed E-state index contributed by atoms with van der Waals surface area (Å²) in [5.41, 5.74) is 1.44. The molecule has 0 aromatic heterocycles. The van der Waals surface area contributed by atoms with Gasteiger partial charge in [-0.15, -0.1) is 0 Å². The normalized spacial score (nSPS) is 23.2. The van der Waals surface area contributed by atoms with E-state index in [0.717, 1.165) is 11.1 Å². The first-order valence-electron chi connectivity index (χ1n) is 13.4. The number of amides is 1. The minimum absolute atomic E-state index is 0.0526. The predicted octanol–water partition coefficient (Wildman–Crippen LogP) is 6.23. The molecule has 0 unspecified atom stereocenters. The lowest BCUT2D eigenvalue weighted by atomic mass is 9.62. The molecule has 0 saturated carbocycles. The molecule has 8 nitrogen and oxygen atoms in total. The molecule has 42 heavy (non-hydrogen) atoms. The summed E-state index contributed by atoms with van der Waals surface area (Å²) in [4.78, 5) is 56.6. The molecule has 4 aromatic carbocycles. The topological polar surface area (TPSA) is 110 Å². The molecule has 9 heteroatoms. The van der Waals surface area contributed by atoms with Crippen molar-refractivity contribution < 1.29 is 19.3 Å². The fourth-order valence-electron chi connectivity index (χ4n) is 6.90. The van der Waals surface area contributed by atoms with Crippen molar-refractivity contribution in [1.82, 2.24) is 4.90 Å². The van der Waals surface area contributed by atoms with Crippen LogP contribution in [0.25, 0.3) is 6.08 Å². The summed E-state index contributed by atoms with van der Waals surface area (Å²) in [5, 5.41) is 15.1. The van der Waals surface area contributed by atoms with E-state index in [-0.39, 0.29) is 17.0 Å². The number of non-ortho nitro benzene ring substituents is 1. The summed E-state index contributed by atoms with van der Waals surface area (Å²) in [6.07, 6.45) is 3.66. The van der Waals surface area contributed by atoms with Crippen molar-refractivity contribution in [3.05, 3.63) is 146 Å². The number of nitro groups is 1. The first-order chi connectivity index (χ1) is 20.3. The number of benzene rings is 4. The van der Waals surface area contributed by atoms with Crippen LogP contribution in [0.1, 0.15) is 43.4 Å². The van der Waals surface area contributed by atoms with Gasteiger partial charge in [0.1, 0.15) is 11.5 Å². The lowest BCUT2D eigenvalue weighted by Gasteiger charge is -2.38. The van der Waals surface area contributed by atoms with E-state index in [4.69, 9.17) is 11.6 Å². The number of para-hydroxylation sites is 1. The van der Waals surface area contributed by atoms with Crippen LogP contribution in [0.3, 0.4) is 0 Å². The Bertz CT molecular complexity index is 1850. The maximum Gasteiger partial charge on any atom is 0.270 e. The van der Waals surface area contributed by atoms with Crippen LogP contribution in [0.15, 0.2) is 103 Å². The number of Topliss-reactive ketones (excluding diaryl/α,β-unsaturated/α-hetero) is 2. The molecule has 3 heterocycles. The first kappa shape index (κ1) is 25.9. The Morgan fingerprint density at radius 3 is 2.40 bits per heavy atom. The van der Waals surface area contributed by atoms with Crippen molar-refractivity contribution >= 4 is 46.5 Å². The minimum atomic E-state index is -1.52. The van der Waals surface area contributed by atoms with E-state index in [1.807, 2.05) is 41.3 Å². The lowest BCUT2D eigenvalue weighted by Crippen LogP contribution is -2.49. The van der Waals surface area contributed by atoms with E-state index in [0.29, 0.717) is 21.8 Å². The molecule has 206 valence electrons. The van der Waals surface area contributed by atoms with E-state index in [1.54, 1.807) is 48.7 Å². The average molecular weight is 576 g/mol. The standard InChI is InChI=1S/C33H22ClN3O5/c34-22-14-12-20(13-15-22)30(39)28-27(29(38)21-7-5-8-23(18-21)37(41)42)33(25-10-3-4-11-26(25)35-32(33)40)31-24-9-2-1-6-19(24)16-17-36(28)31/h1-18,27-28,31H,(H,35,40)/t27-,28-,31+,33+/m0/s1. The number of rotatable bonds is 5. The number of hydrogen-bond donors (Lipinski definition) is 1. The molecule has 1 saturated heterocycles. The molecule has 7 rings (SSSR count). The van der Waals surface area contributed by atoms with Gasteiger partial charge in [0.05, 0.1) is 16.9 Å². The zero-order chi connectivity index (χ0) is 29.2. The number of fused-ring (bicyclic) bond motifs is 6. The highest BCUT2D eigenvalue weighted by atomic mass is 35.5. The SMILES string of the molecule is O=C(c1ccc(Cl)cc1)[C@@H]1[C@@H](C(=O)c2cccc([N+](=O)[O-])c2)[C@@]2(C(=O)Nc3ccccc32)[C@H]2c3ccccc3C=CN12. The summed E-state index contributed by atoms with van der Waals surface area (Å²) in [5.74, 6) is -2.53. The number of ketones is 2. The second-order valence-electron chi connectivity index (χ2n) is 10.6. The van der Waals surface area contributed by atoms with Crippen LogP contribution in [0.4, 0.5) is 11.4 Å². The van der Waals surface area contributed by atoms with Gasteiger partial charge in [0.2, 0.25) is 5.91 Å². The summed E-state index contributed by atoms with van der Waals surface area (Å²) < 4.78 is 0. The van der Waals surface area contributed by atoms with Crippen LogP contribution < -0.4 is 5.32 Å². The molecule has 0 radical (unpaired) electrons. The number of nitro benzene ring substituents is 1. The van der Waals surface area contributed by atoms with E-state index in [9.17, 15) is 24.5 Å². The van der Waals surface area contributed by atoms with E-state index < -0.39 is 40.0 Å². The lowest BCUT2D eigenvalue weighted by molar-refractivity contribution is -0.384. The highest BCUT2D eigenvalue weighted by molar-refractivity contribution is 6.30. The van der Waals surface area contributed by atoms with Gasteiger partial charge >= 0.3 is 0 Å². The smallest absolute Gasteiger partial charge is 0.270 e. The Balaban J connectivity index is 1.53. The number of nitrogens with one attached hydrogen (secondary N) is 1. The van der Waals surface area contributed by atoms with Crippen molar-refractivity contribution in [1.29, 1.82) is 0 Å². The molecular weight excluding hydrogens is 554 g/mol. The number of hydrogen-bond acceptors (Lipinski definition) is 6. The molecule has 0 bridgehead atoms. The van der Waals surface area contributed by atoms with E-state index in [2.05, 4.69) is 5.32 Å². The Hall–Kier alpha value is -5.08. The maximum absolute atomic E-state index is 14.8. The highest BCUT2D eigenvalue weighted by Gasteiger charge is 2.70. The first-order valence-corrected chi connectivity index (χ1v) is 13.7. The van der Waals surface area contributed by atoms with Gasteiger partial charge in [-0.05, 0) is 53.1 Å². The molecule has 3 aliphatic heterocycles. The van der Waals surface area contributed by atoms with Gasteiger partial charge < -0.3 is 10.2 Å². The largest absolute Gasteiger partial charge is 0.358 e. The summed E-state index contributed by atoms with van der Waals surface area (Å²) in [6.45, 7) is 0. The Labute approximate surface area is 245 Å². The highest BCUT2D eigenvalue weighted by Crippen LogP contribution is 2.62. The predicted molar refractivity (Wildman–Crippen MR) is 157 cm³/mol. The quantitative estimate of drug-likeness (QED) is 0.172. The van der Waals surface area contributed by atoms with Crippen LogP contribution in [0, 0.1) is 16.0 Å². The van der Waals surface area contributed by atoms with Crippen molar-refractivity contribution in [2.24, 2.45) is 5.92 Å². The van der Waals surface area contributed by atoms with E-state index >= 15 is 0 Å². The van der Waals surface area contributed by atoms with Crippen LogP contribution in [0.2, 0.25) is 5.02 Å². The maximum atomic E-state index is 14.8. The zero-order valence-corrected chi connectivity index (χ0v) is 22.7. The number of halogens is 1. The molecule has 3 aliphatic rings. The third kappa shape index (κ3) is 3.58. The number of carbonyl (C=O) groups is 3. The van der Waals surface area contributed by atoms with Crippen LogP contribution >= 0.6 is 11.6 Å². The number of nitrogens with zero attached hydrogens (tertiary/aromatic N) is 2. The van der Waals surface area contributed by atoms with Crippen LogP contribution in [-0.4, -0.2) is 33.3 Å². The molecule has 0 aliphatic carbocycles. The average Bonchev–Trinajstić information content (AvgIpc) is 3.49. The van der Waals surface area contributed by atoms with Crippen molar-refractivity contribution in [3.8, 4) is 0 Å². The third-order valence-corrected chi connectivity index (χ3v) is 8.84. The van der Waals surface area contributed by atoms with Gasteiger partial charge in [-0.3, -0.25) is 24.5 Å². The monoisotopic (exact) mass is 575 g/mol. The summed E-state index contributed by atoms with van der Waals surface area (Å²) in [6, 6.07) is 24.8. The molecule has 1 amide bonds. The second kappa shape index (κ2) is 9.49. The van der Waals surface area contributed by atoms with Crippen LogP contribution in [0.5, 0.6) is 0 Å². The zero-order valence-electron chi connectivity index (χ0n) is 21.9. The van der Waals surface area contributed by atoms with Crippen molar-refractivity contribution in [2.45, 2.75) is 17.5 Å². The summed E-state index contributed by atoms with van der Waals surface area (Å²) >= 11 is 6.12. The Morgan fingerprint density at radius 1 is 0.881 bits per heavy atom. The number of anilines is 1. The van der Waals surface area contributed by atoms with E-state index in [1.165, 1.54) is 24.3 Å². The van der Waals surface area contributed by atoms with Gasteiger partial charge in [0.25, 0.3) is 5.69 Å². The van der Waals surface area contributed by atoms with Crippen molar-refractivity contribution in [3.63, 3.8) is 0 Å². The fourth-order valence-corrected chi connectivity index (χ4v) is 7.03. The number of carbonyl (C=O) groups excluding carboxylic acids is 3. The van der Waals surface area contributed by atoms with Gasteiger partial charge in [0, 0.05) is 40.2 Å². The van der Waals surface area contributed by atoms with Gasteiger partial charge in [-0.2, -0.15) is 0 Å². The summed E-state index contributed by atoms with van der Waals surface area (Å²) in [7, 11) is 0. The molecule has 1 N–H and O–H groups in total. The molecule has 4 aromatic rings. The fraction of sp³-hybridized carbons (Fsp3) is 0.121. The third-order valence-electron chi connectivity index (χ3n) is 8.59. The molecule has 1 fully saturated rings. The molecule has 4 atom stereocenters. The van der Waals surface area contributed by atoms with Gasteiger partial charge in [-0.1, -0.05) is 66.2 Å². The van der Waals surface area contributed by atoms with Gasteiger partial charge in [-0.25, -0.2) is 0 Å². The molecular formula is C33H22ClN3O5.